The van der Waals surface area contributed by atoms with E-state index in [9.17, 15) is 18.0 Å². The molecule has 1 amide bonds. The lowest BCUT2D eigenvalue weighted by Gasteiger charge is -2.38. The molecule has 1 fully saturated rings. The van der Waals surface area contributed by atoms with Gasteiger partial charge in [-0.1, -0.05) is 24.3 Å². The van der Waals surface area contributed by atoms with Crippen LogP contribution >= 0.6 is 0 Å². The molecule has 7 nitrogen and oxygen atoms in total. The quantitative estimate of drug-likeness (QED) is 0.465. The van der Waals surface area contributed by atoms with E-state index >= 15 is 0 Å². The third-order valence-corrected chi connectivity index (χ3v) is 9.40. The molecule has 0 atom stereocenters. The van der Waals surface area contributed by atoms with Crippen LogP contribution in [0.2, 0.25) is 0 Å². The zero-order valence-corrected chi connectivity index (χ0v) is 19.8. The van der Waals surface area contributed by atoms with E-state index in [0.717, 1.165) is 29.7 Å². The number of hydrogen-bond donors (Lipinski definition) is 1. The minimum absolute atomic E-state index is 0.0150. The molecule has 0 aliphatic carbocycles. The number of likely N-dealkylation sites (tertiary alicyclic amines) is 1. The molecule has 2 N–H and O–H groups in total. The molecule has 6 rings (SSSR count). The monoisotopic (exact) mass is 488 g/mol. The number of carbonyl (C=O) groups excluding carboxylic acids is 2. The van der Waals surface area contributed by atoms with Crippen molar-refractivity contribution in [1.29, 1.82) is 0 Å². The van der Waals surface area contributed by atoms with Crippen LogP contribution in [0.1, 0.15) is 50.2 Å². The van der Waals surface area contributed by atoms with Crippen molar-refractivity contribution in [2.24, 2.45) is 5.73 Å². The summed E-state index contributed by atoms with van der Waals surface area (Å²) in [4.78, 5) is 27.9. The first-order valence-corrected chi connectivity index (χ1v) is 13.1. The molecule has 3 aliphatic heterocycles. The van der Waals surface area contributed by atoms with Gasteiger partial charge in [0.1, 0.15) is 5.75 Å². The summed E-state index contributed by atoms with van der Waals surface area (Å²) in [5.74, 6) is 0.298. The van der Waals surface area contributed by atoms with Gasteiger partial charge in [-0.05, 0) is 54.8 Å². The van der Waals surface area contributed by atoms with Crippen molar-refractivity contribution >= 4 is 21.5 Å². The molecule has 178 valence electrons. The molecule has 3 aliphatic rings. The maximum absolute atomic E-state index is 13.4. The van der Waals surface area contributed by atoms with E-state index in [1.165, 1.54) is 24.3 Å². The molecule has 0 radical (unpaired) electrons. The number of sulfone groups is 1. The van der Waals surface area contributed by atoms with Crippen molar-refractivity contribution < 1.29 is 22.7 Å². The van der Waals surface area contributed by atoms with Crippen LogP contribution in [0.3, 0.4) is 0 Å². The Morgan fingerprint density at radius 2 is 1.71 bits per heavy atom. The number of benzene rings is 3. The summed E-state index contributed by atoms with van der Waals surface area (Å²) in [6, 6.07) is 16.6. The molecule has 3 aromatic carbocycles. The van der Waals surface area contributed by atoms with E-state index in [0.29, 0.717) is 26.2 Å². The lowest BCUT2D eigenvalue weighted by molar-refractivity contribution is 0.0646. The van der Waals surface area contributed by atoms with Gasteiger partial charge in [-0.25, -0.2) is 8.42 Å². The molecular formula is C27H24N2O5S. The van der Waals surface area contributed by atoms with Gasteiger partial charge in [-0.2, -0.15) is 0 Å². The molecule has 1 saturated heterocycles. The first-order valence-electron chi connectivity index (χ1n) is 11.6. The van der Waals surface area contributed by atoms with Crippen LogP contribution in [-0.4, -0.2) is 44.7 Å². The largest absolute Gasteiger partial charge is 0.492 e. The van der Waals surface area contributed by atoms with Crippen LogP contribution in [0.4, 0.5) is 0 Å². The van der Waals surface area contributed by atoms with Crippen molar-refractivity contribution in [2.75, 3.05) is 19.7 Å². The lowest BCUT2D eigenvalue weighted by atomic mass is 9.74. The Labute approximate surface area is 203 Å². The van der Waals surface area contributed by atoms with Gasteiger partial charge < -0.3 is 15.4 Å². The standard InChI is InChI=1S/C27H24N2O5S/c28-15-17-5-8-22-21(13-17)27(16-34-22)9-11-29(12-10-27)26(31)18-6-7-20-24(14-18)35(32,33)23-4-2-1-3-19(23)25(20)30/h1-8,13-14H,9-12,15-16,28H2. The van der Waals surface area contributed by atoms with Crippen LogP contribution in [0, 0.1) is 0 Å². The Kier molecular flexibility index (Phi) is 4.88. The molecule has 35 heavy (non-hydrogen) atoms. The number of rotatable bonds is 2. The Bertz CT molecular complexity index is 1500. The highest BCUT2D eigenvalue weighted by atomic mass is 32.2. The van der Waals surface area contributed by atoms with Crippen molar-refractivity contribution in [3.8, 4) is 5.75 Å². The first-order chi connectivity index (χ1) is 16.8. The Balaban J connectivity index is 1.27. The van der Waals surface area contributed by atoms with E-state index < -0.39 is 9.84 Å². The summed E-state index contributed by atoms with van der Waals surface area (Å²) < 4.78 is 32.4. The Morgan fingerprint density at radius 3 is 2.49 bits per heavy atom. The summed E-state index contributed by atoms with van der Waals surface area (Å²) in [5, 5.41) is 0. The minimum atomic E-state index is -3.90. The molecule has 0 bridgehead atoms. The van der Waals surface area contributed by atoms with E-state index in [-0.39, 0.29) is 43.6 Å². The van der Waals surface area contributed by atoms with Crippen molar-refractivity contribution in [3.05, 3.63) is 88.5 Å². The van der Waals surface area contributed by atoms with Crippen LogP contribution < -0.4 is 10.5 Å². The molecule has 1 spiro atoms. The Hall–Kier alpha value is -3.49. The SMILES string of the molecule is NCc1ccc2c(c1)C1(CCN(C(=O)c3ccc4c(c3)S(=O)(=O)c3ccccc3C4=O)CC1)CO2. The maximum atomic E-state index is 13.4. The van der Waals surface area contributed by atoms with Gasteiger partial charge in [0.25, 0.3) is 5.91 Å². The number of piperidine rings is 1. The molecule has 3 aromatic rings. The third kappa shape index (κ3) is 3.24. The van der Waals surface area contributed by atoms with Crippen LogP contribution in [0.5, 0.6) is 5.75 Å². The summed E-state index contributed by atoms with van der Waals surface area (Å²) in [5.41, 5.74) is 8.43. The zero-order valence-electron chi connectivity index (χ0n) is 19.0. The fourth-order valence-corrected chi connectivity index (χ4v) is 7.17. The summed E-state index contributed by atoms with van der Waals surface area (Å²) in [7, 11) is -3.90. The number of ether oxygens (including phenoxy) is 1. The molecule has 0 unspecified atom stereocenters. The van der Waals surface area contributed by atoms with Gasteiger partial charge in [0.2, 0.25) is 9.84 Å². The molecule has 0 saturated carbocycles. The van der Waals surface area contributed by atoms with E-state index in [4.69, 9.17) is 10.5 Å². The van der Waals surface area contributed by atoms with Gasteiger partial charge in [0.05, 0.1) is 16.4 Å². The average Bonchev–Trinajstić information content (AvgIpc) is 3.24. The first kappa shape index (κ1) is 22.0. The molecule has 8 heteroatoms. The number of carbonyl (C=O) groups is 2. The summed E-state index contributed by atoms with van der Waals surface area (Å²) >= 11 is 0. The van der Waals surface area contributed by atoms with E-state index in [1.807, 2.05) is 12.1 Å². The van der Waals surface area contributed by atoms with E-state index in [2.05, 4.69) is 6.07 Å². The van der Waals surface area contributed by atoms with Crippen molar-refractivity contribution in [3.63, 3.8) is 0 Å². The third-order valence-electron chi connectivity index (χ3n) is 7.55. The highest BCUT2D eigenvalue weighted by Crippen LogP contribution is 2.46. The van der Waals surface area contributed by atoms with Gasteiger partial charge >= 0.3 is 0 Å². The number of fused-ring (bicyclic) bond motifs is 4. The molecular weight excluding hydrogens is 464 g/mol. The molecule has 0 aromatic heterocycles. The van der Waals surface area contributed by atoms with E-state index in [1.54, 1.807) is 23.1 Å². The van der Waals surface area contributed by atoms with Gasteiger partial charge in [0, 0.05) is 47.3 Å². The highest BCUT2D eigenvalue weighted by molar-refractivity contribution is 7.91. The van der Waals surface area contributed by atoms with Crippen molar-refractivity contribution in [2.45, 2.75) is 34.6 Å². The van der Waals surface area contributed by atoms with Crippen LogP contribution in [0.15, 0.2) is 70.5 Å². The second-order valence-electron chi connectivity index (χ2n) is 9.44. The Morgan fingerprint density at radius 1 is 0.971 bits per heavy atom. The number of amides is 1. The van der Waals surface area contributed by atoms with Gasteiger partial charge in [-0.3, -0.25) is 9.59 Å². The minimum Gasteiger partial charge on any atom is -0.492 e. The number of nitrogens with zero attached hydrogens (tertiary/aromatic N) is 1. The zero-order chi connectivity index (χ0) is 24.4. The molecule has 3 heterocycles. The van der Waals surface area contributed by atoms with Crippen LogP contribution in [-0.2, 0) is 21.8 Å². The fraction of sp³-hybridized carbons (Fsp3) is 0.259. The van der Waals surface area contributed by atoms with Gasteiger partial charge in [0.15, 0.2) is 5.78 Å². The predicted molar refractivity (Wildman–Crippen MR) is 128 cm³/mol. The van der Waals surface area contributed by atoms with Crippen molar-refractivity contribution in [1.82, 2.24) is 4.90 Å². The highest BCUT2D eigenvalue weighted by Gasteiger charge is 2.44. The summed E-state index contributed by atoms with van der Waals surface area (Å²) in [6.07, 6.45) is 1.49. The normalized spacial score (nSPS) is 19.0. The van der Waals surface area contributed by atoms with Gasteiger partial charge in [-0.15, -0.1) is 0 Å². The second kappa shape index (κ2) is 7.76. The lowest BCUT2D eigenvalue weighted by Crippen LogP contribution is -2.46. The number of ketones is 1. The van der Waals surface area contributed by atoms with Crippen LogP contribution in [0.25, 0.3) is 0 Å². The summed E-state index contributed by atoms with van der Waals surface area (Å²) in [6.45, 7) is 2.10. The maximum Gasteiger partial charge on any atom is 0.253 e. The topological polar surface area (TPSA) is 107 Å². The number of nitrogens with two attached hydrogens (primary N) is 1. The smallest absolute Gasteiger partial charge is 0.253 e. The second-order valence-corrected chi connectivity index (χ2v) is 11.3. The fourth-order valence-electron chi connectivity index (χ4n) is 5.49. The average molecular weight is 489 g/mol. The predicted octanol–water partition coefficient (Wildman–Crippen LogP) is 3.09. The number of hydrogen-bond acceptors (Lipinski definition) is 6.